The van der Waals surface area contributed by atoms with Crippen molar-refractivity contribution in [3.63, 3.8) is 0 Å². The van der Waals surface area contributed by atoms with Crippen LogP contribution in [0.25, 0.3) is 0 Å². The average Bonchev–Trinajstić information content (AvgIpc) is 2.34. The van der Waals surface area contributed by atoms with Crippen molar-refractivity contribution in [2.24, 2.45) is 0 Å². The molecule has 0 aliphatic heterocycles. The van der Waals surface area contributed by atoms with Crippen LogP contribution in [0, 0.1) is 0 Å². The highest BCUT2D eigenvalue weighted by Gasteiger charge is 2.12. The summed E-state index contributed by atoms with van der Waals surface area (Å²) >= 11 is 15.2. The highest BCUT2D eigenvalue weighted by molar-refractivity contribution is 9.10. The van der Waals surface area contributed by atoms with Gasteiger partial charge in [0, 0.05) is 16.9 Å². The highest BCUT2D eigenvalue weighted by atomic mass is 79.9. The van der Waals surface area contributed by atoms with Crippen molar-refractivity contribution < 1.29 is 4.79 Å². The lowest BCUT2D eigenvalue weighted by Gasteiger charge is -2.08. The van der Waals surface area contributed by atoms with E-state index in [9.17, 15) is 4.79 Å². The zero-order valence-corrected chi connectivity index (χ0v) is 12.1. The van der Waals surface area contributed by atoms with Crippen molar-refractivity contribution in [3.05, 3.63) is 56.7 Å². The third-order valence-electron chi connectivity index (χ3n) is 2.19. The van der Waals surface area contributed by atoms with Crippen molar-refractivity contribution in [2.45, 2.75) is 0 Å². The third-order valence-corrected chi connectivity index (χ3v) is 3.32. The quantitative estimate of drug-likeness (QED) is 0.876. The van der Waals surface area contributed by atoms with Gasteiger partial charge in [0.25, 0.3) is 5.91 Å². The maximum Gasteiger partial charge on any atom is 0.257 e. The summed E-state index contributed by atoms with van der Waals surface area (Å²) in [6.45, 7) is 0. The van der Waals surface area contributed by atoms with E-state index < -0.39 is 0 Å². The summed E-state index contributed by atoms with van der Waals surface area (Å²) in [6, 6.07) is 6.74. The van der Waals surface area contributed by atoms with Gasteiger partial charge in [-0.25, -0.2) is 0 Å². The van der Waals surface area contributed by atoms with Crippen LogP contribution in [-0.4, -0.2) is 10.9 Å². The van der Waals surface area contributed by atoms with E-state index >= 15 is 0 Å². The van der Waals surface area contributed by atoms with Gasteiger partial charge in [-0.05, 0) is 24.3 Å². The van der Waals surface area contributed by atoms with Gasteiger partial charge in [0.05, 0.1) is 21.3 Å². The molecule has 0 unspecified atom stereocenters. The monoisotopic (exact) mass is 344 g/mol. The molecule has 0 aliphatic rings. The van der Waals surface area contributed by atoms with E-state index in [0.717, 1.165) is 4.47 Å². The first-order valence-corrected chi connectivity index (χ1v) is 6.49. The van der Waals surface area contributed by atoms with Crippen LogP contribution in [0.3, 0.4) is 0 Å². The van der Waals surface area contributed by atoms with Gasteiger partial charge in [-0.2, -0.15) is 0 Å². The number of nitrogens with zero attached hydrogens (tertiary/aromatic N) is 1. The largest absolute Gasteiger partial charge is 0.321 e. The fourth-order valence-corrected chi connectivity index (χ4v) is 2.07. The molecular weight excluding hydrogens is 339 g/mol. The first-order chi connectivity index (χ1) is 8.58. The lowest BCUT2D eigenvalue weighted by atomic mass is 10.2. The minimum Gasteiger partial charge on any atom is -0.321 e. The van der Waals surface area contributed by atoms with Gasteiger partial charge in [0.15, 0.2) is 0 Å². The molecule has 18 heavy (non-hydrogen) atoms. The minimum atomic E-state index is -0.331. The van der Waals surface area contributed by atoms with E-state index in [1.807, 2.05) is 0 Å². The topological polar surface area (TPSA) is 42.0 Å². The number of rotatable bonds is 2. The molecule has 1 amide bonds. The van der Waals surface area contributed by atoms with Gasteiger partial charge < -0.3 is 5.32 Å². The van der Waals surface area contributed by atoms with Crippen molar-refractivity contribution in [1.82, 2.24) is 4.98 Å². The molecule has 92 valence electrons. The molecule has 1 heterocycles. The number of carbonyl (C=O) groups is 1. The second-order valence-corrected chi connectivity index (χ2v) is 5.16. The van der Waals surface area contributed by atoms with Crippen molar-refractivity contribution in [1.29, 1.82) is 0 Å². The summed E-state index contributed by atoms with van der Waals surface area (Å²) < 4.78 is 0.822. The Labute approximate surface area is 122 Å². The Morgan fingerprint density at radius 1 is 1.22 bits per heavy atom. The van der Waals surface area contributed by atoms with Gasteiger partial charge in [-0.3, -0.25) is 9.78 Å². The third kappa shape index (κ3) is 3.02. The van der Waals surface area contributed by atoms with Crippen LogP contribution in [0.1, 0.15) is 10.4 Å². The van der Waals surface area contributed by atoms with Crippen LogP contribution in [0.15, 0.2) is 41.1 Å². The number of benzene rings is 1. The Kier molecular flexibility index (Phi) is 4.22. The van der Waals surface area contributed by atoms with E-state index in [4.69, 9.17) is 23.2 Å². The molecular formula is C12H7BrCl2N2O. The van der Waals surface area contributed by atoms with E-state index in [1.165, 1.54) is 12.4 Å². The predicted molar refractivity (Wildman–Crippen MR) is 76.4 cm³/mol. The molecule has 0 bridgehead atoms. The summed E-state index contributed by atoms with van der Waals surface area (Å²) in [4.78, 5) is 15.8. The first kappa shape index (κ1) is 13.3. The molecule has 0 saturated carbocycles. The Hall–Kier alpha value is -1.10. The Morgan fingerprint density at radius 2 is 2.00 bits per heavy atom. The van der Waals surface area contributed by atoms with Gasteiger partial charge in [-0.1, -0.05) is 39.1 Å². The molecule has 3 nitrogen and oxygen atoms in total. The van der Waals surface area contributed by atoms with Gasteiger partial charge in [0.2, 0.25) is 0 Å². The maximum atomic E-state index is 12.0. The lowest BCUT2D eigenvalue weighted by molar-refractivity contribution is 0.102. The van der Waals surface area contributed by atoms with E-state index in [1.54, 1.807) is 24.3 Å². The molecule has 1 aromatic carbocycles. The summed E-state index contributed by atoms with van der Waals surface area (Å²) in [5.41, 5.74) is 0.867. The molecule has 1 N–H and O–H groups in total. The number of hydrogen-bond donors (Lipinski definition) is 1. The number of pyridine rings is 1. The van der Waals surface area contributed by atoms with Crippen LogP contribution < -0.4 is 5.32 Å². The van der Waals surface area contributed by atoms with E-state index in [0.29, 0.717) is 21.3 Å². The van der Waals surface area contributed by atoms with Crippen LogP contribution in [0.5, 0.6) is 0 Å². The normalized spacial score (nSPS) is 10.2. The second kappa shape index (κ2) is 5.69. The summed E-state index contributed by atoms with van der Waals surface area (Å²) in [7, 11) is 0. The SMILES string of the molecule is O=C(Nc1cc(Br)ccc1Cl)c1ccncc1Cl. The molecule has 0 spiro atoms. The zero-order valence-electron chi connectivity index (χ0n) is 8.95. The molecule has 0 saturated heterocycles. The Bertz CT molecular complexity index is 604. The number of carbonyl (C=O) groups excluding carboxylic acids is 1. The van der Waals surface area contributed by atoms with E-state index in [2.05, 4.69) is 26.2 Å². The number of hydrogen-bond acceptors (Lipinski definition) is 2. The summed E-state index contributed by atoms with van der Waals surface area (Å²) in [5, 5.41) is 3.44. The molecule has 2 aromatic rings. The second-order valence-electron chi connectivity index (χ2n) is 3.43. The van der Waals surface area contributed by atoms with Gasteiger partial charge >= 0.3 is 0 Å². The van der Waals surface area contributed by atoms with Crippen molar-refractivity contribution >= 4 is 50.7 Å². The maximum absolute atomic E-state index is 12.0. The highest BCUT2D eigenvalue weighted by Crippen LogP contribution is 2.26. The smallest absolute Gasteiger partial charge is 0.257 e. The number of amides is 1. The fraction of sp³-hybridized carbons (Fsp3) is 0. The number of anilines is 1. The number of nitrogens with one attached hydrogen (secondary N) is 1. The molecule has 2 rings (SSSR count). The van der Waals surface area contributed by atoms with E-state index in [-0.39, 0.29) is 5.91 Å². The van der Waals surface area contributed by atoms with Crippen LogP contribution in [-0.2, 0) is 0 Å². The molecule has 0 fully saturated rings. The minimum absolute atomic E-state index is 0.293. The predicted octanol–water partition coefficient (Wildman–Crippen LogP) is 4.40. The number of halogens is 3. The zero-order chi connectivity index (χ0) is 13.1. The van der Waals surface area contributed by atoms with Gasteiger partial charge in [-0.15, -0.1) is 0 Å². The molecule has 0 radical (unpaired) electrons. The van der Waals surface area contributed by atoms with Crippen LogP contribution in [0.4, 0.5) is 5.69 Å². The lowest BCUT2D eigenvalue weighted by Crippen LogP contribution is -2.12. The molecule has 0 aliphatic carbocycles. The summed E-state index contributed by atoms with van der Waals surface area (Å²) in [5.74, 6) is -0.331. The molecule has 1 aromatic heterocycles. The number of aromatic nitrogens is 1. The molecule has 0 atom stereocenters. The van der Waals surface area contributed by atoms with Crippen molar-refractivity contribution in [2.75, 3.05) is 5.32 Å². The average molecular weight is 346 g/mol. The standard InChI is InChI=1S/C12H7BrCl2N2O/c13-7-1-2-9(14)11(5-7)17-12(18)8-3-4-16-6-10(8)15/h1-6H,(H,17,18). The molecule has 6 heteroatoms. The fourth-order valence-electron chi connectivity index (χ4n) is 1.34. The summed E-state index contributed by atoms with van der Waals surface area (Å²) in [6.07, 6.45) is 2.92. The van der Waals surface area contributed by atoms with Crippen LogP contribution in [0.2, 0.25) is 10.0 Å². The van der Waals surface area contributed by atoms with Crippen molar-refractivity contribution in [3.8, 4) is 0 Å². The van der Waals surface area contributed by atoms with Gasteiger partial charge in [0.1, 0.15) is 0 Å². The van der Waals surface area contributed by atoms with Crippen LogP contribution >= 0.6 is 39.1 Å². The first-order valence-electron chi connectivity index (χ1n) is 4.94. The Balaban J connectivity index is 2.27. The Morgan fingerprint density at radius 3 is 2.72 bits per heavy atom.